The molecule has 0 atom stereocenters. The van der Waals surface area contributed by atoms with Gasteiger partial charge in [-0.15, -0.1) is 0 Å². The van der Waals surface area contributed by atoms with E-state index in [-0.39, 0.29) is 31.8 Å². The van der Waals surface area contributed by atoms with Crippen LogP contribution in [0.3, 0.4) is 0 Å². The summed E-state index contributed by atoms with van der Waals surface area (Å²) in [4.78, 5) is 33.4. The lowest BCUT2D eigenvalue weighted by Crippen LogP contribution is -2.42. The van der Waals surface area contributed by atoms with Crippen LogP contribution in [0, 0.1) is 0 Å². The van der Waals surface area contributed by atoms with E-state index < -0.39 is 5.92 Å². The smallest absolute Gasteiger partial charge is 0.255 e. The van der Waals surface area contributed by atoms with Crippen LogP contribution in [0.4, 0.5) is 8.78 Å². The van der Waals surface area contributed by atoms with Crippen molar-refractivity contribution in [1.29, 1.82) is 0 Å². The number of fused-ring (bicyclic) bond motifs is 1. The van der Waals surface area contributed by atoms with Crippen LogP contribution in [0.1, 0.15) is 33.6 Å². The number of piperidine rings is 1. The van der Waals surface area contributed by atoms with Gasteiger partial charge in [-0.3, -0.25) is 14.2 Å². The highest BCUT2D eigenvalue weighted by Gasteiger charge is 2.35. The molecule has 6 nitrogen and oxygen atoms in total. The lowest BCUT2D eigenvalue weighted by Gasteiger charge is -2.31. The molecule has 0 N–H and O–H groups in total. The number of likely N-dealkylation sites (tertiary alicyclic amines) is 1. The first-order chi connectivity index (χ1) is 13.0. The van der Waals surface area contributed by atoms with Gasteiger partial charge in [0.15, 0.2) is 6.29 Å². The highest BCUT2D eigenvalue weighted by atomic mass is 19.3. The topological polar surface area (TPSA) is 68.1 Å². The molecule has 1 fully saturated rings. The molecule has 1 saturated heterocycles. The van der Waals surface area contributed by atoms with Gasteiger partial charge in [0.1, 0.15) is 11.5 Å². The Morgan fingerprint density at radius 1 is 1.11 bits per heavy atom. The lowest BCUT2D eigenvalue weighted by molar-refractivity contribution is -0.0494. The Balaban J connectivity index is 1.60. The van der Waals surface area contributed by atoms with E-state index in [0.29, 0.717) is 22.6 Å². The highest BCUT2D eigenvalue weighted by molar-refractivity contribution is 5.97. The maximum atomic E-state index is 13.3. The van der Waals surface area contributed by atoms with Gasteiger partial charge in [0.25, 0.3) is 11.8 Å². The molecule has 1 aliphatic heterocycles. The van der Waals surface area contributed by atoms with Crippen molar-refractivity contribution in [2.45, 2.75) is 18.8 Å². The monoisotopic (exact) mass is 370 g/mol. The van der Waals surface area contributed by atoms with Crippen LogP contribution in [0.25, 0.3) is 16.9 Å². The molecule has 1 aliphatic rings. The van der Waals surface area contributed by atoms with Crippen LogP contribution in [0.2, 0.25) is 0 Å². The quantitative estimate of drug-likeness (QED) is 0.665. The van der Waals surface area contributed by atoms with Crippen LogP contribution in [-0.4, -0.2) is 50.6 Å². The number of aldehydes is 1. The van der Waals surface area contributed by atoms with Crippen molar-refractivity contribution in [3.8, 4) is 5.82 Å². The average Bonchev–Trinajstić information content (AvgIpc) is 3.10. The van der Waals surface area contributed by atoms with Gasteiger partial charge in [0.2, 0.25) is 0 Å². The summed E-state index contributed by atoms with van der Waals surface area (Å²) in [5, 5.41) is 0.740. The first kappa shape index (κ1) is 17.3. The molecule has 3 aromatic heterocycles. The number of hydrogen-bond donors (Lipinski definition) is 0. The molecular formula is C19H16F2N4O2. The lowest BCUT2D eigenvalue weighted by atomic mass is 10.1. The Morgan fingerprint density at radius 3 is 2.56 bits per heavy atom. The van der Waals surface area contributed by atoms with Crippen molar-refractivity contribution in [3.63, 3.8) is 0 Å². The molecule has 138 valence electrons. The number of aromatic nitrogens is 3. The number of carbonyl (C=O) groups is 2. The van der Waals surface area contributed by atoms with Crippen LogP contribution in [0.5, 0.6) is 0 Å². The van der Waals surface area contributed by atoms with E-state index in [1.165, 1.54) is 17.3 Å². The summed E-state index contributed by atoms with van der Waals surface area (Å²) in [6.45, 7) is 0.0791. The molecular weight excluding hydrogens is 354 g/mol. The molecule has 4 rings (SSSR count). The second-order valence-electron chi connectivity index (χ2n) is 6.54. The molecule has 0 radical (unpaired) electrons. The highest BCUT2D eigenvalue weighted by Crippen LogP contribution is 2.28. The predicted molar refractivity (Wildman–Crippen MR) is 94.3 cm³/mol. The summed E-state index contributed by atoms with van der Waals surface area (Å²) in [6.07, 6.45) is 4.79. The molecule has 3 aromatic rings. The third kappa shape index (κ3) is 3.30. The van der Waals surface area contributed by atoms with Crippen LogP contribution < -0.4 is 0 Å². The summed E-state index contributed by atoms with van der Waals surface area (Å²) in [5.41, 5.74) is 1.46. The predicted octanol–water partition coefficient (Wildman–Crippen LogP) is 3.10. The molecule has 0 aromatic carbocycles. The molecule has 0 bridgehead atoms. The fourth-order valence-corrected chi connectivity index (χ4v) is 3.16. The van der Waals surface area contributed by atoms with Crippen LogP contribution in [0.15, 0.2) is 42.9 Å². The molecule has 0 saturated carbocycles. The van der Waals surface area contributed by atoms with E-state index in [4.69, 9.17) is 0 Å². The van der Waals surface area contributed by atoms with E-state index in [0.717, 1.165) is 11.7 Å². The Labute approximate surface area is 153 Å². The molecule has 27 heavy (non-hydrogen) atoms. The second-order valence-corrected chi connectivity index (χ2v) is 6.54. The van der Waals surface area contributed by atoms with E-state index in [2.05, 4.69) is 9.97 Å². The van der Waals surface area contributed by atoms with E-state index in [1.54, 1.807) is 35.0 Å². The number of hydrogen-bond acceptors (Lipinski definition) is 4. The van der Waals surface area contributed by atoms with Gasteiger partial charge in [0.05, 0.1) is 5.56 Å². The summed E-state index contributed by atoms with van der Waals surface area (Å²) >= 11 is 0. The Hall–Kier alpha value is -3.16. The van der Waals surface area contributed by atoms with Gasteiger partial charge < -0.3 is 4.90 Å². The third-order valence-electron chi connectivity index (χ3n) is 4.71. The number of amides is 1. The third-order valence-corrected chi connectivity index (χ3v) is 4.71. The number of halogens is 2. The second kappa shape index (κ2) is 6.53. The van der Waals surface area contributed by atoms with Gasteiger partial charge in [-0.05, 0) is 24.3 Å². The van der Waals surface area contributed by atoms with Crippen molar-refractivity contribution in [2.24, 2.45) is 0 Å². The van der Waals surface area contributed by atoms with Crippen LogP contribution >= 0.6 is 0 Å². The maximum Gasteiger partial charge on any atom is 0.255 e. The van der Waals surface area contributed by atoms with Gasteiger partial charge >= 0.3 is 0 Å². The Bertz CT molecular complexity index is 1000. The number of carbonyl (C=O) groups excluding carboxylic acids is 2. The van der Waals surface area contributed by atoms with Crippen LogP contribution in [-0.2, 0) is 0 Å². The zero-order valence-electron chi connectivity index (χ0n) is 14.3. The first-order valence-corrected chi connectivity index (χ1v) is 8.53. The first-order valence-electron chi connectivity index (χ1n) is 8.53. The number of nitrogens with zero attached hydrogens (tertiary/aromatic N) is 4. The number of alkyl halides is 2. The maximum absolute atomic E-state index is 13.3. The normalized spacial score (nSPS) is 16.4. The summed E-state index contributed by atoms with van der Waals surface area (Å²) in [5.74, 6) is -2.38. The van der Waals surface area contributed by atoms with Gasteiger partial charge in [0, 0.05) is 55.5 Å². The van der Waals surface area contributed by atoms with Crippen molar-refractivity contribution < 1.29 is 18.4 Å². The van der Waals surface area contributed by atoms with Crippen molar-refractivity contribution in [3.05, 3.63) is 54.0 Å². The zero-order chi connectivity index (χ0) is 19.0. The number of rotatable bonds is 3. The van der Waals surface area contributed by atoms with E-state index in [1.807, 2.05) is 0 Å². The van der Waals surface area contributed by atoms with Gasteiger partial charge in [-0.1, -0.05) is 0 Å². The molecule has 4 heterocycles. The Morgan fingerprint density at radius 2 is 1.89 bits per heavy atom. The largest absolute Gasteiger partial charge is 0.338 e. The van der Waals surface area contributed by atoms with E-state index in [9.17, 15) is 18.4 Å². The molecule has 1 amide bonds. The minimum Gasteiger partial charge on any atom is -0.338 e. The van der Waals surface area contributed by atoms with Crippen molar-refractivity contribution >= 4 is 23.2 Å². The number of pyridine rings is 2. The van der Waals surface area contributed by atoms with Gasteiger partial charge in [-0.25, -0.2) is 18.7 Å². The standard InChI is InChI=1S/C19H16F2N4O2/c20-19(21)4-7-24(8-5-19)18(27)15-9-14-3-6-25(17(14)23-11-15)16-2-1-13(12-26)10-22-16/h1-3,6,9-12H,4-5,7-8H2. The summed E-state index contributed by atoms with van der Waals surface area (Å²) < 4.78 is 28.3. The SMILES string of the molecule is O=Cc1ccc(-n2ccc3cc(C(=O)N4CCC(F)(F)CC4)cnc32)nc1. The fraction of sp³-hybridized carbons (Fsp3) is 0.263. The molecule has 0 spiro atoms. The summed E-state index contributed by atoms with van der Waals surface area (Å²) in [6, 6.07) is 6.87. The molecule has 0 unspecified atom stereocenters. The fourth-order valence-electron chi connectivity index (χ4n) is 3.16. The Kier molecular flexibility index (Phi) is 4.18. The van der Waals surface area contributed by atoms with Gasteiger partial charge in [-0.2, -0.15) is 0 Å². The molecule has 0 aliphatic carbocycles. The average molecular weight is 370 g/mol. The summed E-state index contributed by atoms with van der Waals surface area (Å²) in [7, 11) is 0. The zero-order valence-corrected chi connectivity index (χ0v) is 14.3. The van der Waals surface area contributed by atoms with E-state index >= 15 is 0 Å². The minimum absolute atomic E-state index is 0.0396. The van der Waals surface area contributed by atoms with Crippen molar-refractivity contribution in [1.82, 2.24) is 19.4 Å². The molecule has 8 heteroatoms. The van der Waals surface area contributed by atoms with Crippen molar-refractivity contribution in [2.75, 3.05) is 13.1 Å². The minimum atomic E-state index is -2.69.